The second kappa shape index (κ2) is 5.85. The zero-order chi connectivity index (χ0) is 13.9. The molecule has 0 aromatic carbocycles. The van der Waals surface area contributed by atoms with Crippen molar-refractivity contribution in [1.82, 2.24) is 9.71 Å². The average molecular weight is 285 g/mol. The van der Waals surface area contributed by atoms with Gasteiger partial charge in [-0.25, -0.2) is 18.1 Å². The van der Waals surface area contributed by atoms with Crippen LogP contribution in [-0.4, -0.2) is 32.6 Å². The summed E-state index contributed by atoms with van der Waals surface area (Å²) in [5.74, 6) is 0.388. The molecule has 1 aromatic heterocycles. The van der Waals surface area contributed by atoms with Crippen LogP contribution in [0, 0.1) is 0 Å². The van der Waals surface area contributed by atoms with E-state index in [1.807, 2.05) is 0 Å². The molecule has 19 heavy (non-hydrogen) atoms. The molecule has 1 heterocycles. The summed E-state index contributed by atoms with van der Waals surface area (Å²) in [7, 11) is -2.05. The number of nitrogens with two attached hydrogens (primary N) is 1. The minimum Gasteiger partial charge on any atom is -0.481 e. The largest absolute Gasteiger partial charge is 0.481 e. The van der Waals surface area contributed by atoms with Crippen LogP contribution < -0.4 is 15.2 Å². The van der Waals surface area contributed by atoms with Gasteiger partial charge in [0.15, 0.2) is 0 Å². The summed E-state index contributed by atoms with van der Waals surface area (Å²) in [5, 5.41) is 0. The fourth-order valence-corrected chi connectivity index (χ4v) is 3.50. The minimum absolute atomic E-state index is 0.0791. The normalized spacial score (nSPS) is 24.1. The molecule has 7 heteroatoms. The topological polar surface area (TPSA) is 94.3 Å². The smallest absolute Gasteiger partial charge is 0.242 e. The van der Waals surface area contributed by atoms with Crippen LogP contribution in [-0.2, 0) is 10.0 Å². The Bertz CT molecular complexity index is 516. The number of hydrogen-bond acceptors (Lipinski definition) is 5. The molecule has 0 radical (unpaired) electrons. The lowest BCUT2D eigenvalue weighted by atomic mass is 9.92. The number of nitrogens with one attached hydrogen (secondary N) is 1. The highest BCUT2D eigenvalue weighted by atomic mass is 32.2. The third-order valence-corrected chi connectivity index (χ3v) is 4.77. The summed E-state index contributed by atoms with van der Waals surface area (Å²) in [6, 6.07) is 3.00. The summed E-state index contributed by atoms with van der Waals surface area (Å²) < 4.78 is 31.9. The van der Waals surface area contributed by atoms with Crippen molar-refractivity contribution in [3.05, 3.63) is 18.3 Å². The Morgan fingerprint density at radius 1 is 1.42 bits per heavy atom. The van der Waals surface area contributed by atoms with Gasteiger partial charge in [-0.2, -0.15) is 0 Å². The van der Waals surface area contributed by atoms with E-state index in [4.69, 9.17) is 10.5 Å². The average Bonchev–Trinajstić information content (AvgIpc) is 2.38. The number of methoxy groups -OCH3 is 1. The quantitative estimate of drug-likeness (QED) is 0.846. The molecule has 0 saturated heterocycles. The van der Waals surface area contributed by atoms with Gasteiger partial charge in [0.05, 0.1) is 13.3 Å². The fourth-order valence-electron chi connectivity index (χ4n) is 2.27. The van der Waals surface area contributed by atoms with E-state index in [0.29, 0.717) is 12.3 Å². The maximum atomic E-state index is 12.2. The number of rotatable bonds is 4. The second-order valence-electron chi connectivity index (χ2n) is 4.78. The van der Waals surface area contributed by atoms with E-state index in [1.165, 1.54) is 25.4 Å². The zero-order valence-electron chi connectivity index (χ0n) is 10.9. The Morgan fingerprint density at radius 2 is 2.21 bits per heavy atom. The highest BCUT2D eigenvalue weighted by molar-refractivity contribution is 7.89. The molecule has 1 aliphatic carbocycles. The van der Waals surface area contributed by atoms with Crippen molar-refractivity contribution in [2.45, 2.75) is 42.7 Å². The van der Waals surface area contributed by atoms with Gasteiger partial charge in [0.2, 0.25) is 15.9 Å². The van der Waals surface area contributed by atoms with Gasteiger partial charge < -0.3 is 10.5 Å². The van der Waals surface area contributed by atoms with Crippen LogP contribution in [0.2, 0.25) is 0 Å². The Kier molecular flexibility index (Phi) is 4.38. The molecule has 0 bridgehead atoms. The molecular weight excluding hydrogens is 266 g/mol. The van der Waals surface area contributed by atoms with Crippen LogP contribution in [0.4, 0.5) is 0 Å². The molecule has 2 atom stereocenters. The van der Waals surface area contributed by atoms with Crippen molar-refractivity contribution in [3.63, 3.8) is 0 Å². The van der Waals surface area contributed by atoms with Crippen LogP contribution in [0.1, 0.15) is 25.7 Å². The lowest BCUT2D eigenvalue weighted by molar-refractivity contribution is 0.371. The minimum atomic E-state index is -3.53. The van der Waals surface area contributed by atoms with E-state index >= 15 is 0 Å². The maximum absolute atomic E-state index is 12.2. The molecule has 2 rings (SSSR count). The SMILES string of the molecule is COc1ccc(S(=O)(=O)NC2CCCC(N)C2)cn1. The molecule has 6 nitrogen and oxygen atoms in total. The number of pyridine rings is 1. The molecule has 1 saturated carbocycles. The predicted molar refractivity (Wildman–Crippen MR) is 71.3 cm³/mol. The fraction of sp³-hybridized carbons (Fsp3) is 0.583. The molecule has 1 aromatic rings. The second-order valence-corrected chi connectivity index (χ2v) is 6.50. The van der Waals surface area contributed by atoms with Gasteiger partial charge in [0.1, 0.15) is 4.90 Å². The highest BCUT2D eigenvalue weighted by Gasteiger charge is 2.25. The Balaban J connectivity index is 2.08. The van der Waals surface area contributed by atoms with E-state index in [0.717, 1.165) is 19.3 Å². The first-order valence-corrected chi connectivity index (χ1v) is 7.77. The molecule has 106 valence electrons. The molecule has 1 aliphatic rings. The summed E-state index contributed by atoms with van der Waals surface area (Å²) in [6.45, 7) is 0. The van der Waals surface area contributed by atoms with Crippen molar-refractivity contribution in [1.29, 1.82) is 0 Å². The molecule has 0 aliphatic heterocycles. The van der Waals surface area contributed by atoms with Crippen LogP contribution in [0.3, 0.4) is 0 Å². The van der Waals surface area contributed by atoms with Crippen LogP contribution >= 0.6 is 0 Å². The highest BCUT2D eigenvalue weighted by Crippen LogP contribution is 2.19. The molecule has 2 unspecified atom stereocenters. The number of nitrogens with zero attached hydrogens (tertiary/aromatic N) is 1. The third kappa shape index (κ3) is 3.65. The van der Waals surface area contributed by atoms with Gasteiger partial charge in [-0.1, -0.05) is 6.42 Å². The van der Waals surface area contributed by atoms with E-state index in [1.54, 1.807) is 0 Å². The lowest BCUT2D eigenvalue weighted by Crippen LogP contribution is -2.42. The molecule has 0 amide bonds. The van der Waals surface area contributed by atoms with E-state index in [9.17, 15) is 8.42 Å². The number of hydrogen-bond donors (Lipinski definition) is 2. The monoisotopic (exact) mass is 285 g/mol. The van der Waals surface area contributed by atoms with Crippen molar-refractivity contribution >= 4 is 10.0 Å². The van der Waals surface area contributed by atoms with Gasteiger partial charge in [-0.15, -0.1) is 0 Å². The first-order valence-electron chi connectivity index (χ1n) is 6.29. The lowest BCUT2D eigenvalue weighted by Gasteiger charge is -2.27. The van der Waals surface area contributed by atoms with Gasteiger partial charge >= 0.3 is 0 Å². The van der Waals surface area contributed by atoms with Crippen LogP contribution in [0.5, 0.6) is 5.88 Å². The zero-order valence-corrected chi connectivity index (χ0v) is 11.7. The van der Waals surface area contributed by atoms with E-state index in [-0.39, 0.29) is 17.0 Å². The van der Waals surface area contributed by atoms with Crippen molar-refractivity contribution in [2.24, 2.45) is 5.73 Å². The Hall–Kier alpha value is -1.18. The van der Waals surface area contributed by atoms with E-state index in [2.05, 4.69) is 9.71 Å². The molecule has 3 N–H and O–H groups in total. The summed E-state index contributed by atoms with van der Waals surface area (Å²) >= 11 is 0. The van der Waals surface area contributed by atoms with Crippen molar-refractivity contribution in [3.8, 4) is 5.88 Å². The number of ether oxygens (including phenoxy) is 1. The summed E-state index contributed by atoms with van der Waals surface area (Å²) in [4.78, 5) is 4.05. The van der Waals surface area contributed by atoms with Gasteiger partial charge in [0, 0.05) is 18.2 Å². The first kappa shape index (κ1) is 14.2. The van der Waals surface area contributed by atoms with Gasteiger partial charge in [-0.05, 0) is 25.3 Å². The van der Waals surface area contributed by atoms with Crippen molar-refractivity contribution < 1.29 is 13.2 Å². The van der Waals surface area contributed by atoms with Gasteiger partial charge in [-0.3, -0.25) is 0 Å². The number of sulfonamides is 1. The third-order valence-electron chi connectivity index (χ3n) is 3.27. The molecular formula is C12H19N3O3S. The summed E-state index contributed by atoms with van der Waals surface area (Å²) in [5.41, 5.74) is 5.86. The first-order chi connectivity index (χ1) is 9.01. The van der Waals surface area contributed by atoms with Gasteiger partial charge in [0.25, 0.3) is 0 Å². The Labute approximate surface area is 113 Å². The number of aromatic nitrogens is 1. The Morgan fingerprint density at radius 3 is 2.79 bits per heavy atom. The van der Waals surface area contributed by atoms with Crippen LogP contribution in [0.15, 0.2) is 23.2 Å². The standard InChI is InChI=1S/C12H19N3O3S/c1-18-12-6-5-11(8-14-12)19(16,17)15-10-4-2-3-9(13)7-10/h5-6,8-10,15H,2-4,7,13H2,1H3. The molecule has 0 spiro atoms. The van der Waals surface area contributed by atoms with Crippen LogP contribution in [0.25, 0.3) is 0 Å². The van der Waals surface area contributed by atoms with E-state index < -0.39 is 10.0 Å². The van der Waals surface area contributed by atoms with Crippen molar-refractivity contribution in [2.75, 3.05) is 7.11 Å². The summed E-state index contributed by atoms with van der Waals surface area (Å²) in [6.07, 6.45) is 4.72. The molecule has 1 fully saturated rings. The maximum Gasteiger partial charge on any atom is 0.242 e. The predicted octanol–water partition coefficient (Wildman–Crippen LogP) is 0.638.